The SMILES string of the molecule is Cc1cccc(COc2nc(C)n(-c3cccc(-c4ccnc(C(C)C)n4)c3)c(=O)c2C)n1. The molecule has 0 radical (unpaired) electrons. The van der Waals surface area contributed by atoms with Gasteiger partial charge in [-0.3, -0.25) is 14.3 Å². The number of nitrogens with zero attached hydrogens (tertiary/aromatic N) is 5. The van der Waals surface area contributed by atoms with Gasteiger partial charge < -0.3 is 4.74 Å². The number of aryl methyl sites for hydroxylation is 2. The number of rotatable bonds is 6. The van der Waals surface area contributed by atoms with E-state index < -0.39 is 0 Å². The van der Waals surface area contributed by atoms with E-state index in [4.69, 9.17) is 4.74 Å². The Morgan fingerprint density at radius 1 is 0.970 bits per heavy atom. The average Bonchev–Trinajstić information content (AvgIpc) is 2.81. The second-order valence-corrected chi connectivity index (χ2v) is 8.29. The minimum absolute atomic E-state index is 0.169. The summed E-state index contributed by atoms with van der Waals surface area (Å²) in [5.74, 6) is 1.88. The second kappa shape index (κ2) is 9.32. The lowest BCUT2D eigenvalue weighted by molar-refractivity contribution is 0.284. The fourth-order valence-corrected chi connectivity index (χ4v) is 3.57. The molecule has 0 aliphatic heterocycles. The molecule has 4 rings (SSSR count). The Hall–Kier alpha value is -3.87. The van der Waals surface area contributed by atoms with Crippen molar-refractivity contribution in [2.24, 2.45) is 0 Å². The Morgan fingerprint density at radius 2 is 1.76 bits per heavy atom. The average molecular weight is 442 g/mol. The number of ether oxygens (including phenoxy) is 1. The van der Waals surface area contributed by atoms with Crippen LogP contribution < -0.4 is 10.3 Å². The van der Waals surface area contributed by atoms with Gasteiger partial charge in [-0.25, -0.2) is 9.97 Å². The normalized spacial score (nSPS) is 11.1. The number of aromatic nitrogens is 5. The first-order chi connectivity index (χ1) is 15.8. The van der Waals surface area contributed by atoms with Gasteiger partial charge in [0, 0.05) is 23.4 Å². The lowest BCUT2D eigenvalue weighted by Gasteiger charge is -2.15. The molecule has 1 aromatic carbocycles. The molecule has 7 heteroatoms. The molecular formula is C26H27N5O2. The van der Waals surface area contributed by atoms with Gasteiger partial charge in [0.2, 0.25) is 5.88 Å². The second-order valence-electron chi connectivity index (χ2n) is 8.29. The summed E-state index contributed by atoms with van der Waals surface area (Å²) in [5.41, 5.74) is 4.43. The van der Waals surface area contributed by atoms with E-state index in [2.05, 4.69) is 33.8 Å². The van der Waals surface area contributed by atoms with Gasteiger partial charge in [0.05, 0.1) is 22.6 Å². The van der Waals surface area contributed by atoms with Gasteiger partial charge in [-0.1, -0.05) is 32.0 Å². The van der Waals surface area contributed by atoms with Gasteiger partial charge >= 0.3 is 0 Å². The summed E-state index contributed by atoms with van der Waals surface area (Å²) in [6, 6.07) is 15.3. The van der Waals surface area contributed by atoms with Gasteiger partial charge in [0.1, 0.15) is 18.3 Å². The van der Waals surface area contributed by atoms with E-state index in [1.54, 1.807) is 24.6 Å². The third kappa shape index (κ3) is 4.82. The lowest BCUT2D eigenvalue weighted by atomic mass is 10.1. The summed E-state index contributed by atoms with van der Waals surface area (Å²) >= 11 is 0. The number of pyridine rings is 1. The van der Waals surface area contributed by atoms with E-state index >= 15 is 0 Å². The van der Waals surface area contributed by atoms with Crippen LogP contribution in [0.5, 0.6) is 5.88 Å². The van der Waals surface area contributed by atoms with Crippen LogP contribution >= 0.6 is 0 Å². The molecule has 0 bridgehead atoms. The van der Waals surface area contributed by atoms with Gasteiger partial charge in [0.25, 0.3) is 5.56 Å². The van der Waals surface area contributed by atoms with Crippen molar-refractivity contribution in [3.05, 3.63) is 93.7 Å². The zero-order valence-electron chi connectivity index (χ0n) is 19.5. The Balaban J connectivity index is 1.67. The molecule has 7 nitrogen and oxygen atoms in total. The van der Waals surface area contributed by atoms with Crippen LogP contribution in [0.4, 0.5) is 0 Å². The maximum atomic E-state index is 13.3. The fraction of sp³-hybridized carbons (Fsp3) is 0.269. The molecule has 4 aromatic rings. The summed E-state index contributed by atoms with van der Waals surface area (Å²) in [6.45, 7) is 9.83. The van der Waals surface area contributed by atoms with Crippen LogP contribution in [-0.2, 0) is 6.61 Å². The van der Waals surface area contributed by atoms with E-state index in [0.29, 0.717) is 17.3 Å². The van der Waals surface area contributed by atoms with Gasteiger partial charge in [-0.05, 0) is 51.1 Å². The first kappa shape index (κ1) is 22.3. The van der Waals surface area contributed by atoms with Crippen LogP contribution in [-0.4, -0.2) is 24.5 Å². The molecule has 0 N–H and O–H groups in total. The maximum absolute atomic E-state index is 13.3. The molecule has 0 unspecified atom stereocenters. The Labute approximate surface area is 193 Å². The highest BCUT2D eigenvalue weighted by Gasteiger charge is 2.15. The highest BCUT2D eigenvalue weighted by molar-refractivity contribution is 5.62. The van der Waals surface area contributed by atoms with Crippen LogP contribution in [0.25, 0.3) is 16.9 Å². The van der Waals surface area contributed by atoms with Gasteiger partial charge in [-0.15, -0.1) is 0 Å². The molecule has 0 aliphatic rings. The molecule has 0 spiro atoms. The van der Waals surface area contributed by atoms with E-state index in [-0.39, 0.29) is 18.1 Å². The van der Waals surface area contributed by atoms with Crippen molar-refractivity contribution >= 4 is 0 Å². The van der Waals surface area contributed by atoms with Gasteiger partial charge in [0.15, 0.2) is 0 Å². The first-order valence-electron chi connectivity index (χ1n) is 10.9. The largest absolute Gasteiger partial charge is 0.471 e. The smallest absolute Gasteiger partial charge is 0.264 e. The molecule has 168 valence electrons. The van der Waals surface area contributed by atoms with Crippen LogP contribution in [0.1, 0.15) is 48.4 Å². The number of hydrogen-bond acceptors (Lipinski definition) is 6. The molecule has 0 saturated heterocycles. The molecule has 0 fully saturated rings. The summed E-state index contributed by atoms with van der Waals surface area (Å²) in [7, 11) is 0. The quantitative estimate of drug-likeness (QED) is 0.431. The predicted molar refractivity (Wildman–Crippen MR) is 128 cm³/mol. The monoisotopic (exact) mass is 441 g/mol. The molecular weight excluding hydrogens is 414 g/mol. The van der Waals surface area contributed by atoms with Crippen molar-refractivity contribution in [1.82, 2.24) is 24.5 Å². The van der Waals surface area contributed by atoms with E-state index in [0.717, 1.165) is 34.2 Å². The fourth-order valence-electron chi connectivity index (χ4n) is 3.57. The number of benzene rings is 1. The number of hydrogen-bond donors (Lipinski definition) is 0. The maximum Gasteiger partial charge on any atom is 0.264 e. The standard InChI is InChI=1S/C26H27N5O2/c1-16(2)24-27-13-12-23(30-24)20-9-7-11-22(14-20)31-19(5)29-25(18(4)26(31)32)33-15-21-10-6-8-17(3)28-21/h6-14,16H,15H2,1-5H3. The minimum Gasteiger partial charge on any atom is -0.471 e. The van der Waals surface area contributed by atoms with Gasteiger partial charge in [-0.2, -0.15) is 4.98 Å². The molecule has 33 heavy (non-hydrogen) atoms. The molecule has 0 saturated carbocycles. The van der Waals surface area contributed by atoms with E-state index in [1.807, 2.05) is 55.5 Å². The predicted octanol–water partition coefficient (Wildman–Crippen LogP) is 4.71. The molecule has 3 aromatic heterocycles. The zero-order chi connectivity index (χ0) is 23.5. The third-order valence-electron chi connectivity index (χ3n) is 5.33. The third-order valence-corrected chi connectivity index (χ3v) is 5.33. The lowest BCUT2D eigenvalue weighted by Crippen LogP contribution is -2.25. The van der Waals surface area contributed by atoms with Crippen LogP contribution in [0, 0.1) is 20.8 Å². The Bertz CT molecular complexity index is 1360. The summed E-state index contributed by atoms with van der Waals surface area (Å²) in [6.07, 6.45) is 1.77. The summed E-state index contributed by atoms with van der Waals surface area (Å²) in [5, 5.41) is 0. The van der Waals surface area contributed by atoms with Crippen molar-refractivity contribution in [2.45, 2.75) is 47.1 Å². The summed E-state index contributed by atoms with van der Waals surface area (Å²) < 4.78 is 7.45. The van der Waals surface area contributed by atoms with Crippen molar-refractivity contribution in [3.63, 3.8) is 0 Å². The van der Waals surface area contributed by atoms with Crippen LogP contribution in [0.15, 0.2) is 59.5 Å². The molecule has 0 aliphatic carbocycles. The topological polar surface area (TPSA) is 82.8 Å². The van der Waals surface area contributed by atoms with Crippen LogP contribution in [0.3, 0.4) is 0 Å². The molecule has 3 heterocycles. The minimum atomic E-state index is -0.169. The van der Waals surface area contributed by atoms with Crippen molar-refractivity contribution in [3.8, 4) is 22.8 Å². The zero-order valence-corrected chi connectivity index (χ0v) is 19.5. The Morgan fingerprint density at radius 3 is 2.52 bits per heavy atom. The molecule has 0 atom stereocenters. The molecule has 0 amide bonds. The van der Waals surface area contributed by atoms with Crippen molar-refractivity contribution < 1.29 is 4.74 Å². The van der Waals surface area contributed by atoms with E-state index in [9.17, 15) is 4.79 Å². The van der Waals surface area contributed by atoms with Crippen LogP contribution in [0.2, 0.25) is 0 Å². The highest BCUT2D eigenvalue weighted by atomic mass is 16.5. The summed E-state index contributed by atoms with van der Waals surface area (Å²) in [4.78, 5) is 31.3. The van der Waals surface area contributed by atoms with Crippen molar-refractivity contribution in [2.75, 3.05) is 0 Å². The first-order valence-corrected chi connectivity index (χ1v) is 10.9. The Kier molecular flexibility index (Phi) is 6.31. The highest BCUT2D eigenvalue weighted by Crippen LogP contribution is 2.23. The van der Waals surface area contributed by atoms with Crippen molar-refractivity contribution in [1.29, 1.82) is 0 Å². The van der Waals surface area contributed by atoms with E-state index in [1.165, 1.54) is 0 Å².